The van der Waals surface area contributed by atoms with E-state index >= 15 is 0 Å². The van der Waals surface area contributed by atoms with Gasteiger partial charge in [-0.1, -0.05) is 11.8 Å². The van der Waals surface area contributed by atoms with Crippen LogP contribution in [0.25, 0.3) is 0 Å². The summed E-state index contributed by atoms with van der Waals surface area (Å²) in [6, 6.07) is 3.50. The van der Waals surface area contributed by atoms with E-state index in [2.05, 4.69) is 0 Å². The third-order valence-corrected chi connectivity index (χ3v) is 3.45. The Morgan fingerprint density at radius 2 is 2.15 bits per heavy atom. The molecule has 0 amide bonds. The number of carbonyl (C=O) groups is 2. The summed E-state index contributed by atoms with van der Waals surface area (Å²) in [6.07, 6.45) is -2.24. The number of rotatable bonds is 6. The number of benzene rings is 1. The lowest BCUT2D eigenvalue weighted by Crippen LogP contribution is -2.21. The highest BCUT2D eigenvalue weighted by Gasteiger charge is 2.22. The van der Waals surface area contributed by atoms with Crippen LogP contribution in [0.3, 0.4) is 0 Å². The van der Waals surface area contributed by atoms with Crippen molar-refractivity contribution in [2.24, 2.45) is 0 Å². The maximum Gasteiger partial charge on any atom is 0.279 e. The van der Waals surface area contributed by atoms with Gasteiger partial charge in [-0.3, -0.25) is 19.7 Å². The van der Waals surface area contributed by atoms with Gasteiger partial charge in [-0.25, -0.2) is 0 Å². The Bertz CT molecular complexity index is 533. The molecule has 1 rings (SSSR count). The minimum absolute atomic E-state index is 0.0100. The summed E-state index contributed by atoms with van der Waals surface area (Å²) in [5, 5.41) is 30.1. The highest BCUT2D eigenvalue weighted by molar-refractivity contribution is 8.13. The van der Waals surface area contributed by atoms with Gasteiger partial charge in [-0.2, -0.15) is 0 Å². The summed E-state index contributed by atoms with van der Waals surface area (Å²) in [5.41, 5.74) is -0.379. The molecule has 0 aliphatic carbocycles. The quantitative estimate of drug-likeness (QED) is 0.458. The molecule has 0 radical (unpaired) electrons. The Labute approximate surface area is 118 Å². The molecule has 7 nitrogen and oxygen atoms in total. The van der Waals surface area contributed by atoms with E-state index < -0.39 is 17.1 Å². The van der Waals surface area contributed by atoms with E-state index in [1.165, 1.54) is 13.0 Å². The summed E-state index contributed by atoms with van der Waals surface area (Å²) in [6.45, 7) is 1.33. The Morgan fingerprint density at radius 3 is 2.65 bits per heavy atom. The highest BCUT2D eigenvalue weighted by Crippen LogP contribution is 2.25. The van der Waals surface area contributed by atoms with E-state index in [1.54, 1.807) is 0 Å². The molecule has 1 aromatic rings. The standard InChI is InChI=1S/C12H13NO6S/c1-7(15)20-6-11(16)12(17)8-2-3-10(13(18)19)9(4-8)5-14/h2-5,11-12,16-17H,6H2,1H3. The van der Waals surface area contributed by atoms with Crippen molar-refractivity contribution in [2.75, 3.05) is 5.75 Å². The monoisotopic (exact) mass is 299 g/mol. The average molecular weight is 299 g/mol. The molecule has 108 valence electrons. The minimum Gasteiger partial charge on any atom is -0.389 e. The van der Waals surface area contributed by atoms with Crippen LogP contribution in [0.5, 0.6) is 0 Å². The molecule has 0 aliphatic heterocycles. The second-order valence-corrected chi connectivity index (χ2v) is 5.20. The van der Waals surface area contributed by atoms with Gasteiger partial charge >= 0.3 is 0 Å². The number of aliphatic hydroxyl groups is 2. The summed E-state index contributed by atoms with van der Waals surface area (Å²) >= 11 is 0.854. The molecule has 8 heteroatoms. The number of nitro groups is 1. The first-order valence-electron chi connectivity index (χ1n) is 5.59. The van der Waals surface area contributed by atoms with Crippen LogP contribution in [0, 0.1) is 10.1 Å². The second kappa shape index (κ2) is 7.13. The van der Waals surface area contributed by atoms with E-state index in [-0.39, 0.29) is 27.7 Å². The number of thioether (sulfide) groups is 1. The van der Waals surface area contributed by atoms with Gasteiger partial charge in [-0.15, -0.1) is 0 Å². The fraction of sp³-hybridized carbons (Fsp3) is 0.333. The fourth-order valence-electron chi connectivity index (χ4n) is 1.53. The number of aliphatic hydroxyl groups excluding tert-OH is 2. The van der Waals surface area contributed by atoms with Crippen LogP contribution in [0.1, 0.15) is 28.9 Å². The van der Waals surface area contributed by atoms with Crippen LogP contribution < -0.4 is 0 Å². The Kier molecular flexibility index (Phi) is 5.81. The first-order chi connectivity index (χ1) is 9.36. The highest BCUT2D eigenvalue weighted by atomic mass is 32.2. The van der Waals surface area contributed by atoms with Crippen molar-refractivity contribution in [3.63, 3.8) is 0 Å². The SMILES string of the molecule is CC(=O)SCC(O)C(O)c1ccc([N+](=O)[O-])c(C=O)c1. The van der Waals surface area contributed by atoms with E-state index in [0.29, 0.717) is 6.29 Å². The summed E-state index contributed by atoms with van der Waals surface area (Å²) in [4.78, 5) is 31.5. The number of nitrogens with zero attached hydrogens (tertiary/aromatic N) is 1. The molecule has 0 saturated heterocycles. The molecule has 0 saturated carbocycles. The molecule has 1 aromatic carbocycles. The smallest absolute Gasteiger partial charge is 0.279 e. The van der Waals surface area contributed by atoms with Gasteiger partial charge in [0.2, 0.25) is 0 Å². The number of hydrogen-bond donors (Lipinski definition) is 2. The number of aldehydes is 1. The van der Waals surface area contributed by atoms with Gasteiger partial charge in [0.25, 0.3) is 5.69 Å². The van der Waals surface area contributed by atoms with Gasteiger partial charge < -0.3 is 10.2 Å². The lowest BCUT2D eigenvalue weighted by Gasteiger charge is -2.17. The second-order valence-electron chi connectivity index (χ2n) is 4.01. The molecule has 0 fully saturated rings. The summed E-state index contributed by atoms with van der Waals surface area (Å²) in [7, 11) is 0. The Hall–Kier alpha value is -1.77. The Balaban J connectivity index is 2.93. The van der Waals surface area contributed by atoms with Gasteiger partial charge in [-0.05, 0) is 17.7 Å². The maximum atomic E-state index is 10.8. The molecule has 0 aromatic heterocycles. The van der Waals surface area contributed by atoms with E-state index in [0.717, 1.165) is 23.9 Å². The van der Waals surface area contributed by atoms with E-state index in [1.807, 2.05) is 0 Å². The van der Waals surface area contributed by atoms with E-state index in [4.69, 9.17) is 0 Å². The van der Waals surface area contributed by atoms with Gasteiger partial charge in [0, 0.05) is 18.7 Å². The molecule has 20 heavy (non-hydrogen) atoms. The third-order valence-electron chi connectivity index (χ3n) is 2.54. The predicted octanol–water partition coefficient (Wildman–Crippen LogP) is 1.08. The lowest BCUT2D eigenvalue weighted by molar-refractivity contribution is -0.385. The topological polar surface area (TPSA) is 118 Å². The van der Waals surface area contributed by atoms with Crippen molar-refractivity contribution in [2.45, 2.75) is 19.1 Å². The largest absolute Gasteiger partial charge is 0.389 e. The minimum atomic E-state index is -1.33. The van der Waals surface area contributed by atoms with Crippen LogP contribution in [0.4, 0.5) is 5.69 Å². The van der Waals surface area contributed by atoms with Crippen molar-refractivity contribution in [1.29, 1.82) is 0 Å². The van der Waals surface area contributed by atoms with Gasteiger partial charge in [0.05, 0.1) is 16.6 Å². The molecular formula is C12H13NO6S. The molecule has 0 spiro atoms. The van der Waals surface area contributed by atoms with Crippen LogP contribution in [0.15, 0.2) is 18.2 Å². The fourth-order valence-corrected chi connectivity index (χ4v) is 2.12. The van der Waals surface area contributed by atoms with Gasteiger partial charge in [0.15, 0.2) is 11.4 Å². The summed E-state index contributed by atoms with van der Waals surface area (Å²) < 4.78 is 0. The molecule has 0 heterocycles. The van der Waals surface area contributed by atoms with Crippen molar-refractivity contribution >= 4 is 28.9 Å². The number of hydrogen-bond acceptors (Lipinski definition) is 7. The first kappa shape index (κ1) is 16.3. The molecule has 2 N–H and O–H groups in total. The van der Waals surface area contributed by atoms with Crippen LogP contribution >= 0.6 is 11.8 Å². The third kappa shape index (κ3) is 4.12. The molecule has 0 aliphatic rings. The summed E-state index contributed by atoms with van der Waals surface area (Å²) in [5.74, 6) is -0.0100. The lowest BCUT2D eigenvalue weighted by atomic mass is 10.0. The van der Waals surface area contributed by atoms with Crippen molar-refractivity contribution < 1.29 is 24.7 Å². The maximum absolute atomic E-state index is 10.8. The van der Waals surface area contributed by atoms with Crippen molar-refractivity contribution in [3.8, 4) is 0 Å². The predicted molar refractivity (Wildman–Crippen MR) is 72.6 cm³/mol. The zero-order valence-electron chi connectivity index (χ0n) is 10.6. The zero-order valence-corrected chi connectivity index (χ0v) is 11.4. The van der Waals surface area contributed by atoms with Crippen LogP contribution in [-0.4, -0.2) is 38.4 Å². The normalized spacial score (nSPS) is 13.6. The van der Waals surface area contributed by atoms with E-state index in [9.17, 15) is 29.9 Å². The van der Waals surface area contributed by atoms with Gasteiger partial charge in [0.1, 0.15) is 6.10 Å². The zero-order chi connectivity index (χ0) is 15.3. The molecule has 0 bridgehead atoms. The number of nitro benzene ring substituents is 1. The average Bonchev–Trinajstić information content (AvgIpc) is 2.42. The first-order valence-corrected chi connectivity index (χ1v) is 6.58. The molecule has 2 unspecified atom stereocenters. The molecule has 2 atom stereocenters. The van der Waals surface area contributed by atoms with Crippen molar-refractivity contribution in [3.05, 3.63) is 39.4 Å². The van der Waals surface area contributed by atoms with Crippen LogP contribution in [-0.2, 0) is 4.79 Å². The Morgan fingerprint density at radius 1 is 1.50 bits per heavy atom. The van der Waals surface area contributed by atoms with Crippen LogP contribution in [0.2, 0.25) is 0 Å². The van der Waals surface area contributed by atoms with Crippen molar-refractivity contribution in [1.82, 2.24) is 0 Å². The molecular weight excluding hydrogens is 286 g/mol. The number of carbonyl (C=O) groups excluding carboxylic acids is 2.